The van der Waals surface area contributed by atoms with Crippen molar-refractivity contribution in [3.05, 3.63) is 83.9 Å². The van der Waals surface area contributed by atoms with Crippen LogP contribution in [0.2, 0.25) is 0 Å². The highest BCUT2D eigenvalue weighted by atomic mass is 32.2. The number of nitrogens with zero attached hydrogens (tertiary/aromatic N) is 1. The summed E-state index contributed by atoms with van der Waals surface area (Å²) in [4.78, 5) is 13.1. The highest BCUT2D eigenvalue weighted by Crippen LogP contribution is 2.37. The fraction of sp³-hybridized carbons (Fsp3) is 0.296. The monoisotopic (exact) mass is 494 g/mol. The number of anilines is 1. The van der Waals surface area contributed by atoms with Gasteiger partial charge in [0.05, 0.1) is 23.7 Å². The quantitative estimate of drug-likeness (QED) is 0.453. The van der Waals surface area contributed by atoms with E-state index in [1.54, 1.807) is 42.5 Å². The lowest BCUT2D eigenvalue weighted by atomic mass is 10.1. The minimum Gasteiger partial charge on any atom is -0.492 e. The Morgan fingerprint density at radius 1 is 1.09 bits per heavy atom. The summed E-state index contributed by atoms with van der Waals surface area (Å²) in [5, 5.41) is 2.80. The van der Waals surface area contributed by atoms with Crippen LogP contribution in [0.25, 0.3) is 0 Å². The van der Waals surface area contributed by atoms with Crippen LogP contribution in [-0.2, 0) is 21.2 Å². The van der Waals surface area contributed by atoms with Crippen molar-refractivity contribution in [1.82, 2.24) is 5.32 Å². The number of benzene rings is 3. The predicted molar refractivity (Wildman–Crippen MR) is 136 cm³/mol. The molecule has 0 radical (unpaired) electrons. The second-order valence-electron chi connectivity index (χ2n) is 8.46. The number of aryl methyl sites for hydroxylation is 2. The maximum absolute atomic E-state index is 13.4. The minimum atomic E-state index is -3.88. The molecule has 1 heterocycles. The van der Waals surface area contributed by atoms with E-state index in [1.165, 1.54) is 9.87 Å². The van der Waals surface area contributed by atoms with E-state index in [-0.39, 0.29) is 24.6 Å². The summed E-state index contributed by atoms with van der Waals surface area (Å²) in [7, 11) is -3.88. The Kier molecular flexibility index (Phi) is 7.60. The van der Waals surface area contributed by atoms with Crippen LogP contribution in [0.15, 0.2) is 77.7 Å². The third-order valence-electron chi connectivity index (χ3n) is 5.74. The number of amides is 1. The van der Waals surface area contributed by atoms with Crippen molar-refractivity contribution >= 4 is 21.6 Å². The van der Waals surface area contributed by atoms with Gasteiger partial charge in [-0.25, -0.2) is 8.42 Å². The van der Waals surface area contributed by atoms with Gasteiger partial charge in [0.2, 0.25) is 0 Å². The van der Waals surface area contributed by atoms with E-state index in [1.807, 2.05) is 37.3 Å². The lowest BCUT2D eigenvalue weighted by Crippen LogP contribution is -2.51. The molecule has 0 aromatic heterocycles. The van der Waals surface area contributed by atoms with Crippen LogP contribution in [-0.4, -0.2) is 40.1 Å². The Morgan fingerprint density at radius 2 is 1.83 bits per heavy atom. The van der Waals surface area contributed by atoms with Gasteiger partial charge in [0, 0.05) is 0 Å². The van der Waals surface area contributed by atoms with Crippen LogP contribution >= 0.6 is 0 Å². The van der Waals surface area contributed by atoms with Gasteiger partial charge >= 0.3 is 0 Å². The molecule has 0 aliphatic carbocycles. The molecule has 3 aromatic carbocycles. The average Bonchev–Trinajstić information content (AvgIpc) is 2.87. The van der Waals surface area contributed by atoms with E-state index >= 15 is 0 Å². The molecule has 1 aliphatic heterocycles. The zero-order chi connectivity index (χ0) is 24.8. The second-order valence-corrected chi connectivity index (χ2v) is 10.3. The van der Waals surface area contributed by atoms with Gasteiger partial charge < -0.3 is 14.8 Å². The molecular weight excluding hydrogens is 464 g/mol. The third-order valence-corrected chi connectivity index (χ3v) is 7.53. The predicted octanol–water partition coefficient (Wildman–Crippen LogP) is 4.10. The van der Waals surface area contributed by atoms with Crippen molar-refractivity contribution in [1.29, 1.82) is 0 Å². The zero-order valence-corrected chi connectivity index (χ0v) is 20.8. The fourth-order valence-electron chi connectivity index (χ4n) is 3.94. The number of rotatable bonds is 9. The van der Waals surface area contributed by atoms with Gasteiger partial charge in [0.25, 0.3) is 15.9 Å². The van der Waals surface area contributed by atoms with Gasteiger partial charge in [-0.15, -0.1) is 0 Å². The normalized spacial score (nSPS) is 15.1. The maximum atomic E-state index is 13.4. The first-order chi connectivity index (χ1) is 16.9. The van der Waals surface area contributed by atoms with E-state index in [0.29, 0.717) is 11.4 Å². The molecule has 0 saturated carbocycles. The topological polar surface area (TPSA) is 84.9 Å². The minimum absolute atomic E-state index is 0.126. The number of hydrogen-bond donors (Lipinski definition) is 1. The number of ether oxygens (including phenoxy) is 2. The number of nitrogens with one attached hydrogen (secondary N) is 1. The van der Waals surface area contributed by atoms with Crippen LogP contribution in [0, 0.1) is 6.92 Å². The van der Waals surface area contributed by atoms with Gasteiger partial charge in [0.15, 0.2) is 6.10 Å². The molecule has 0 fully saturated rings. The average molecular weight is 495 g/mol. The fourth-order valence-corrected chi connectivity index (χ4v) is 5.44. The molecule has 4 rings (SSSR count). The van der Waals surface area contributed by atoms with Gasteiger partial charge in [0.1, 0.15) is 18.1 Å². The summed E-state index contributed by atoms with van der Waals surface area (Å²) in [6, 6.07) is 21.4. The molecule has 1 aliphatic rings. The lowest BCUT2D eigenvalue weighted by Gasteiger charge is -2.35. The Morgan fingerprint density at radius 3 is 2.54 bits per heavy atom. The van der Waals surface area contributed by atoms with Crippen molar-refractivity contribution < 1.29 is 22.7 Å². The van der Waals surface area contributed by atoms with E-state index in [9.17, 15) is 13.2 Å². The maximum Gasteiger partial charge on any atom is 0.264 e. The summed E-state index contributed by atoms with van der Waals surface area (Å²) in [6.45, 7) is 4.45. The van der Waals surface area contributed by atoms with Gasteiger partial charge in [-0.1, -0.05) is 49.7 Å². The third kappa shape index (κ3) is 5.77. The molecule has 184 valence electrons. The van der Waals surface area contributed by atoms with Gasteiger partial charge in [-0.05, 0) is 60.9 Å². The van der Waals surface area contributed by atoms with Gasteiger partial charge in [-0.3, -0.25) is 9.10 Å². The summed E-state index contributed by atoms with van der Waals surface area (Å²) in [6.07, 6.45) is 1.12. The molecule has 35 heavy (non-hydrogen) atoms. The van der Waals surface area contributed by atoms with Crippen molar-refractivity contribution in [2.45, 2.75) is 37.7 Å². The molecule has 1 N–H and O–H groups in total. The summed E-state index contributed by atoms with van der Waals surface area (Å²) in [5.41, 5.74) is 2.58. The van der Waals surface area contributed by atoms with E-state index in [0.717, 1.165) is 24.2 Å². The number of carbonyl (C=O) groups is 1. The molecule has 1 amide bonds. The van der Waals surface area contributed by atoms with Crippen molar-refractivity contribution in [2.75, 3.05) is 24.0 Å². The number of hydrogen-bond acceptors (Lipinski definition) is 5. The molecule has 0 spiro atoms. The van der Waals surface area contributed by atoms with Gasteiger partial charge in [-0.2, -0.15) is 0 Å². The van der Waals surface area contributed by atoms with Crippen LogP contribution in [0.5, 0.6) is 11.5 Å². The highest BCUT2D eigenvalue weighted by Gasteiger charge is 2.37. The first-order valence-corrected chi connectivity index (χ1v) is 13.2. The molecule has 8 heteroatoms. The lowest BCUT2D eigenvalue weighted by molar-refractivity contribution is -0.127. The number of carbonyl (C=O) groups excluding carboxylic acids is 1. The Balaban J connectivity index is 1.42. The molecular formula is C27H30N2O5S. The standard InChI is InChI=1S/C27H30N2O5S/c1-3-7-21-11-13-22(14-12-21)33-17-16-28-27(30)26-19-29(24-15-10-20(2)18-25(24)34-26)35(31,32)23-8-5-4-6-9-23/h4-6,8-15,18,26H,3,7,16-17,19H2,1-2H3,(H,28,30)/t26-/m1/s1. The van der Waals surface area contributed by atoms with E-state index < -0.39 is 22.0 Å². The van der Waals surface area contributed by atoms with E-state index in [4.69, 9.17) is 9.47 Å². The smallest absolute Gasteiger partial charge is 0.264 e. The largest absolute Gasteiger partial charge is 0.492 e. The summed E-state index contributed by atoms with van der Waals surface area (Å²) < 4.78 is 39.7. The van der Waals surface area contributed by atoms with Crippen molar-refractivity contribution in [3.8, 4) is 11.5 Å². The Labute approximate surface area is 206 Å². The van der Waals surface area contributed by atoms with Crippen LogP contribution in [0.3, 0.4) is 0 Å². The number of sulfonamides is 1. The van der Waals surface area contributed by atoms with Crippen LogP contribution in [0.1, 0.15) is 24.5 Å². The Hall–Kier alpha value is -3.52. The second kappa shape index (κ2) is 10.8. The first kappa shape index (κ1) is 24.6. The molecule has 7 nitrogen and oxygen atoms in total. The Bertz CT molecular complexity index is 1260. The van der Waals surface area contributed by atoms with Crippen LogP contribution in [0.4, 0.5) is 5.69 Å². The zero-order valence-electron chi connectivity index (χ0n) is 19.9. The molecule has 1 atom stereocenters. The molecule has 3 aromatic rings. The van der Waals surface area contributed by atoms with E-state index in [2.05, 4.69) is 12.2 Å². The molecule has 0 bridgehead atoms. The highest BCUT2D eigenvalue weighted by molar-refractivity contribution is 7.92. The summed E-state index contributed by atoms with van der Waals surface area (Å²) >= 11 is 0. The van der Waals surface area contributed by atoms with Crippen molar-refractivity contribution in [2.24, 2.45) is 0 Å². The summed E-state index contributed by atoms with van der Waals surface area (Å²) in [5.74, 6) is 0.698. The molecule has 0 unspecified atom stereocenters. The first-order valence-electron chi connectivity index (χ1n) is 11.7. The molecule has 0 saturated heterocycles. The van der Waals surface area contributed by atoms with Crippen LogP contribution < -0.4 is 19.1 Å². The SMILES string of the molecule is CCCc1ccc(OCCNC(=O)[C@H]2CN(S(=O)(=O)c3ccccc3)c3ccc(C)cc3O2)cc1. The number of fused-ring (bicyclic) bond motifs is 1. The van der Waals surface area contributed by atoms with Crippen molar-refractivity contribution in [3.63, 3.8) is 0 Å².